The van der Waals surface area contributed by atoms with Crippen molar-refractivity contribution in [3.63, 3.8) is 0 Å². The van der Waals surface area contributed by atoms with Gasteiger partial charge >= 0.3 is 0 Å². The Morgan fingerprint density at radius 3 is 2.71 bits per heavy atom. The fraction of sp³-hybridized carbons (Fsp3) is 0.111. The maximum atomic E-state index is 13.4. The number of rotatable bonds is 2. The molecule has 0 saturated carbocycles. The molecule has 5 heteroatoms. The highest BCUT2D eigenvalue weighted by Crippen LogP contribution is 2.22. The Balaban J connectivity index is 3.44. The predicted molar refractivity (Wildman–Crippen MR) is 46.2 cm³/mol. The molecule has 0 aromatic heterocycles. The van der Waals surface area contributed by atoms with Crippen LogP contribution in [0.5, 0.6) is 5.75 Å². The molecule has 0 saturated heterocycles. The molecule has 1 aromatic carbocycles. The molecule has 14 heavy (non-hydrogen) atoms. The zero-order valence-electron chi connectivity index (χ0n) is 7.37. The normalized spacial score (nSPS) is 9.21. The molecule has 0 atom stereocenters. The number of nitrogens with zero attached hydrogens (tertiary/aromatic N) is 1. The lowest BCUT2D eigenvalue weighted by atomic mass is 10.1. The van der Waals surface area contributed by atoms with E-state index in [-0.39, 0.29) is 16.9 Å². The van der Waals surface area contributed by atoms with Crippen LogP contribution in [0.1, 0.15) is 15.9 Å². The Morgan fingerprint density at radius 2 is 2.29 bits per heavy atom. The van der Waals surface area contributed by atoms with E-state index in [9.17, 15) is 9.18 Å². The number of hydrogen-bond donors (Lipinski definition) is 1. The van der Waals surface area contributed by atoms with E-state index in [4.69, 9.17) is 15.7 Å². The second-order valence-electron chi connectivity index (χ2n) is 2.48. The fourth-order valence-corrected chi connectivity index (χ4v) is 1.02. The lowest BCUT2D eigenvalue weighted by molar-refractivity contribution is 0.0996. The molecule has 0 aliphatic carbocycles. The summed E-state index contributed by atoms with van der Waals surface area (Å²) in [6, 6.07) is 4.10. The third-order valence-electron chi connectivity index (χ3n) is 1.70. The number of carbonyl (C=O) groups is 1. The van der Waals surface area contributed by atoms with Crippen LogP contribution in [0.2, 0.25) is 0 Å². The molecule has 72 valence electrons. The number of nitrogens with two attached hydrogens (primary N) is 1. The summed E-state index contributed by atoms with van der Waals surface area (Å²) in [5, 5.41) is 8.61. The van der Waals surface area contributed by atoms with Crippen LogP contribution in [-0.4, -0.2) is 13.0 Å². The number of carbonyl (C=O) groups excluding carboxylic acids is 1. The maximum Gasteiger partial charge on any atom is 0.251 e. The summed E-state index contributed by atoms with van der Waals surface area (Å²) in [4.78, 5) is 10.7. The third kappa shape index (κ3) is 1.50. The number of benzene rings is 1. The predicted octanol–water partition coefficient (Wildman–Crippen LogP) is 0.805. The van der Waals surface area contributed by atoms with Crippen LogP contribution in [-0.2, 0) is 0 Å². The molecule has 2 N–H and O–H groups in total. The fourth-order valence-electron chi connectivity index (χ4n) is 1.02. The number of halogens is 1. The van der Waals surface area contributed by atoms with Crippen molar-refractivity contribution in [1.82, 2.24) is 0 Å². The molecule has 4 nitrogen and oxygen atoms in total. The van der Waals surface area contributed by atoms with Gasteiger partial charge in [0.2, 0.25) is 0 Å². The van der Waals surface area contributed by atoms with Crippen molar-refractivity contribution in [2.75, 3.05) is 7.11 Å². The molecule has 0 bridgehead atoms. The van der Waals surface area contributed by atoms with E-state index in [1.807, 2.05) is 0 Å². The zero-order chi connectivity index (χ0) is 10.7. The summed E-state index contributed by atoms with van der Waals surface area (Å²) in [5.74, 6) is -1.78. The van der Waals surface area contributed by atoms with Crippen molar-refractivity contribution in [2.45, 2.75) is 0 Å². The van der Waals surface area contributed by atoms with Gasteiger partial charge in [-0.15, -0.1) is 0 Å². The summed E-state index contributed by atoms with van der Waals surface area (Å²) in [7, 11) is 1.31. The van der Waals surface area contributed by atoms with E-state index < -0.39 is 11.7 Å². The van der Waals surface area contributed by atoms with Crippen LogP contribution in [0.3, 0.4) is 0 Å². The van der Waals surface area contributed by atoms with E-state index in [0.717, 1.165) is 0 Å². The first kappa shape index (κ1) is 9.99. The van der Waals surface area contributed by atoms with Gasteiger partial charge in [-0.25, -0.2) is 4.39 Å². The van der Waals surface area contributed by atoms with Gasteiger partial charge in [-0.2, -0.15) is 5.26 Å². The van der Waals surface area contributed by atoms with Crippen LogP contribution in [0.25, 0.3) is 0 Å². The molecule has 0 fully saturated rings. The number of primary amides is 1. The van der Waals surface area contributed by atoms with Crippen LogP contribution in [0.15, 0.2) is 12.1 Å². The van der Waals surface area contributed by atoms with Crippen molar-refractivity contribution in [2.24, 2.45) is 5.73 Å². The molecule has 0 aliphatic rings. The first-order valence-corrected chi connectivity index (χ1v) is 3.68. The van der Waals surface area contributed by atoms with Gasteiger partial charge in [0, 0.05) is 0 Å². The number of ether oxygens (including phenoxy) is 1. The molecule has 1 rings (SSSR count). The van der Waals surface area contributed by atoms with Crippen molar-refractivity contribution >= 4 is 5.91 Å². The van der Waals surface area contributed by atoms with Gasteiger partial charge < -0.3 is 10.5 Å². The summed E-state index contributed by atoms with van der Waals surface area (Å²) >= 11 is 0. The van der Waals surface area contributed by atoms with Crippen molar-refractivity contribution in [3.05, 3.63) is 29.1 Å². The zero-order valence-corrected chi connectivity index (χ0v) is 7.37. The van der Waals surface area contributed by atoms with E-state index in [1.165, 1.54) is 19.2 Å². The summed E-state index contributed by atoms with van der Waals surface area (Å²) in [6.07, 6.45) is 0. The van der Waals surface area contributed by atoms with Crippen LogP contribution in [0, 0.1) is 17.1 Å². The van der Waals surface area contributed by atoms with Gasteiger partial charge in [0.05, 0.1) is 12.7 Å². The molecule has 1 aromatic rings. The topological polar surface area (TPSA) is 76.1 Å². The van der Waals surface area contributed by atoms with Gasteiger partial charge in [-0.05, 0) is 12.1 Å². The smallest absolute Gasteiger partial charge is 0.251 e. The minimum Gasteiger partial charge on any atom is -0.495 e. The number of nitriles is 1. The average molecular weight is 194 g/mol. The minimum absolute atomic E-state index is 0.0787. The molecule has 0 spiro atoms. The second kappa shape index (κ2) is 3.75. The van der Waals surface area contributed by atoms with Crippen LogP contribution >= 0.6 is 0 Å². The molecule has 0 aliphatic heterocycles. The number of methoxy groups -OCH3 is 1. The molecular formula is C9H7FN2O2. The first-order valence-electron chi connectivity index (χ1n) is 3.68. The molecule has 0 radical (unpaired) electrons. The Bertz CT molecular complexity index is 424. The highest BCUT2D eigenvalue weighted by molar-refractivity contribution is 5.93. The lowest BCUT2D eigenvalue weighted by Gasteiger charge is -2.05. The lowest BCUT2D eigenvalue weighted by Crippen LogP contribution is -2.14. The number of amides is 1. The Morgan fingerprint density at radius 1 is 1.64 bits per heavy atom. The monoisotopic (exact) mass is 194 g/mol. The van der Waals surface area contributed by atoms with Crippen LogP contribution in [0.4, 0.5) is 4.39 Å². The van der Waals surface area contributed by atoms with Crippen molar-refractivity contribution in [1.29, 1.82) is 5.26 Å². The standard InChI is InChI=1S/C9H7FN2O2/c1-14-7-3-2-5(9(12)13)8(10)6(7)4-11/h2-3H,1H3,(H2,12,13). The summed E-state index contributed by atoms with van der Waals surface area (Å²) in [5.41, 5.74) is 4.27. The highest BCUT2D eigenvalue weighted by atomic mass is 19.1. The van der Waals surface area contributed by atoms with Gasteiger partial charge in [-0.1, -0.05) is 0 Å². The minimum atomic E-state index is -0.945. The number of hydrogen-bond acceptors (Lipinski definition) is 3. The molecule has 0 unspecified atom stereocenters. The van der Waals surface area contributed by atoms with Gasteiger partial charge in [-0.3, -0.25) is 4.79 Å². The Kier molecular flexibility index (Phi) is 2.67. The largest absolute Gasteiger partial charge is 0.495 e. The van der Waals surface area contributed by atoms with Gasteiger partial charge in [0.1, 0.15) is 17.4 Å². The second-order valence-corrected chi connectivity index (χ2v) is 2.48. The third-order valence-corrected chi connectivity index (χ3v) is 1.70. The van der Waals surface area contributed by atoms with Crippen molar-refractivity contribution < 1.29 is 13.9 Å². The Hall–Kier alpha value is -2.09. The van der Waals surface area contributed by atoms with Crippen molar-refractivity contribution in [3.8, 4) is 11.8 Å². The van der Waals surface area contributed by atoms with E-state index in [1.54, 1.807) is 6.07 Å². The van der Waals surface area contributed by atoms with E-state index >= 15 is 0 Å². The van der Waals surface area contributed by atoms with E-state index in [0.29, 0.717) is 0 Å². The molecule has 1 amide bonds. The molecular weight excluding hydrogens is 187 g/mol. The first-order chi connectivity index (χ1) is 6.61. The quantitative estimate of drug-likeness (QED) is 0.756. The van der Waals surface area contributed by atoms with Crippen LogP contribution < -0.4 is 10.5 Å². The average Bonchev–Trinajstić information content (AvgIpc) is 2.16. The van der Waals surface area contributed by atoms with Gasteiger partial charge in [0.15, 0.2) is 5.82 Å². The maximum absolute atomic E-state index is 13.4. The Labute approximate surface area is 79.7 Å². The summed E-state index contributed by atoms with van der Waals surface area (Å²) < 4.78 is 18.1. The highest BCUT2D eigenvalue weighted by Gasteiger charge is 2.16. The summed E-state index contributed by atoms with van der Waals surface area (Å²) in [6.45, 7) is 0. The van der Waals surface area contributed by atoms with Gasteiger partial charge in [0.25, 0.3) is 5.91 Å². The SMILES string of the molecule is COc1ccc(C(N)=O)c(F)c1C#N. The van der Waals surface area contributed by atoms with E-state index in [2.05, 4.69) is 0 Å². The molecule has 0 heterocycles.